The predicted octanol–water partition coefficient (Wildman–Crippen LogP) is 4.73. The number of halogens is 2. The highest BCUT2D eigenvalue weighted by atomic mass is 35.5. The van der Waals surface area contributed by atoms with E-state index < -0.39 is 0 Å². The molecule has 0 unspecified atom stereocenters. The Morgan fingerprint density at radius 1 is 1.17 bits per heavy atom. The van der Waals surface area contributed by atoms with Gasteiger partial charge in [-0.3, -0.25) is 0 Å². The van der Waals surface area contributed by atoms with Crippen LogP contribution in [0, 0.1) is 5.92 Å². The summed E-state index contributed by atoms with van der Waals surface area (Å²) in [6.07, 6.45) is 8.21. The lowest BCUT2D eigenvalue weighted by molar-refractivity contribution is 0.143. The normalized spacial score (nSPS) is 23.2. The highest BCUT2D eigenvalue weighted by Crippen LogP contribution is 2.38. The molecule has 0 bridgehead atoms. The summed E-state index contributed by atoms with van der Waals surface area (Å²) in [5.41, 5.74) is 3.64. The van der Waals surface area contributed by atoms with Crippen LogP contribution in [0.1, 0.15) is 31.2 Å². The average Bonchev–Trinajstić information content (AvgIpc) is 3.07. The minimum absolute atomic E-state index is 0.207. The van der Waals surface area contributed by atoms with E-state index >= 15 is 0 Å². The molecule has 1 aromatic heterocycles. The number of allylic oxidation sites excluding steroid dienone is 1. The molecule has 5 nitrogen and oxygen atoms in total. The van der Waals surface area contributed by atoms with Crippen molar-refractivity contribution in [3.8, 4) is 5.75 Å². The van der Waals surface area contributed by atoms with Crippen molar-refractivity contribution in [3.05, 3.63) is 56.7 Å². The van der Waals surface area contributed by atoms with Crippen molar-refractivity contribution in [3.63, 3.8) is 0 Å². The van der Waals surface area contributed by atoms with Gasteiger partial charge in [0.25, 0.3) is 0 Å². The van der Waals surface area contributed by atoms with E-state index in [9.17, 15) is 0 Å². The maximum atomic E-state index is 6.84. The number of benzene rings is 1. The van der Waals surface area contributed by atoms with Crippen molar-refractivity contribution < 1.29 is 4.74 Å². The largest absolute Gasteiger partial charge is 0.490 e. The number of rotatable bonds is 3. The Morgan fingerprint density at radius 3 is 2.80 bits per heavy atom. The monoisotopic (exact) mass is 442 g/mol. The number of H-pyrrole nitrogens is 1. The lowest BCUT2D eigenvalue weighted by Crippen LogP contribution is -2.28. The third kappa shape index (κ3) is 3.65. The standard InChI is InChI=1S/C23H24Cl2N4O/c1-29-10-9-19(25)21(22-23(29)18-12-26-27-13-20(18)28-22)14-5-7-16(8-6-14)30-17-4-2-3-15(24)11-17/h2-4,9,11,13-14,16,28H,5-8,10,12H2,1H3/t14-,16-. The fourth-order valence-electron chi connectivity index (χ4n) is 4.78. The fourth-order valence-corrected chi connectivity index (χ4v) is 5.28. The van der Waals surface area contributed by atoms with E-state index in [0.717, 1.165) is 53.7 Å². The highest BCUT2D eigenvalue weighted by Gasteiger charge is 2.30. The Kier molecular flexibility index (Phi) is 5.34. The van der Waals surface area contributed by atoms with Gasteiger partial charge in [-0.05, 0) is 61.4 Å². The molecule has 3 aliphatic rings. The van der Waals surface area contributed by atoms with Crippen molar-refractivity contribution >= 4 is 40.7 Å². The number of fused-ring (bicyclic) bond motifs is 3. The second kappa shape index (κ2) is 8.12. The third-order valence-corrected chi connectivity index (χ3v) is 6.83. The van der Waals surface area contributed by atoms with Crippen molar-refractivity contribution in [2.45, 2.75) is 38.3 Å². The minimum Gasteiger partial charge on any atom is -0.490 e. The van der Waals surface area contributed by atoms with E-state index in [1.807, 2.05) is 30.5 Å². The van der Waals surface area contributed by atoms with Crippen LogP contribution in [0.4, 0.5) is 5.69 Å². The molecule has 5 rings (SSSR count). The summed E-state index contributed by atoms with van der Waals surface area (Å²) in [5.74, 6) is 1.24. The van der Waals surface area contributed by atoms with Gasteiger partial charge < -0.3 is 14.6 Å². The molecule has 0 saturated heterocycles. The van der Waals surface area contributed by atoms with Gasteiger partial charge in [0.15, 0.2) is 0 Å². The molecule has 0 amide bonds. The van der Waals surface area contributed by atoms with Gasteiger partial charge in [-0.15, -0.1) is 0 Å². The SMILES string of the molecule is CN1CC=C(Cl)C([C@H]2CC[C@H](Oc3cccc(Cl)c3)CC2)=c2[nH]c3c(c21)CN=NC=3. The quantitative estimate of drug-likeness (QED) is 0.746. The summed E-state index contributed by atoms with van der Waals surface area (Å²) in [6, 6.07) is 7.64. The van der Waals surface area contributed by atoms with Gasteiger partial charge in [-0.25, -0.2) is 0 Å². The molecule has 0 atom stereocenters. The Labute approximate surface area is 185 Å². The third-order valence-electron chi connectivity index (χ3n) is 6.24. The number of azo groups is 1. The fraction of sp³-hybridized carbons (Fsp3) is 0.391. The summed E-state index contributed by atoms with van der Waals surface area (Å²) >= 11 is 12.9. The second-order valence-electron chi connectivity index (χ2n) is 8.18. The molecule has 0 radical (unpaired) electrons. The maximum absolute atomic E-state index is 6.84. The first kappa shape index (κ1) is 19.7. The zero-order valence-electron chi connectivity index (χ0n) is 16.9. The lowest BCUT2D eigenvalue weighted by Gasteiger charge is -2.30. The summed E-state index contributed by atoms with van der Waals surface area (Å²) in [6.45, 7) is 1.39. The topological polar surface area (TPSA) is 53.0 Å². The van der Waals surface area contributed by atoms with Gasteiger partial charge in [0.05, 0.1) is 35.2 Å². The van der Waals surface area contributed by atoms with Crippen LogP contribution in [0.15, 0.2) is 45.6 Å². The van der Waals surface area contributed by atoms with E-state index in [0.29, 0.717) is 17.5 Å². The molecule has 7 heteroatoms. The Hall–Kier alpha value is -2.24. The first-order valence-electron chi connectivity index (χ1n) is 10.4. The number of aromatic nitrogens is 1. The zero-order chi connectivity index (χ0) is 20.7. The highest BCUT2D eigenvalue weighted by molar-refractivity contribution is 6.36. The molecular weight excluding hydrogens is 419 g/mol. The van der Waals surface area contributed by atoms with Crippen molar-refractivity contribution in [2.75, 3.05) is 18.5 Å². The van der Waals surface area contributed by atoms with Crippen LogP contribution in [-0.4, -0.2) is 24.7 Å². The number of hydrogen-bond donors (Lipinski definition) is 1. The molecule has 1 saturated carbocycles. The molecule has 30 heavy (non-hydrogen) atoms. The van der Waals surface area contributed by atoms with Crippen molar-refractivity contribution in [1.82, 2.24) is 4.98 Å². The number of anilines is 1. The molecule has 1 aliphatic carbocycles. The van der Waals surface area contributed by atoms with Crippen LogP contribution in [0.25, 0.3) is 11.8 Å². The van der Waals surface area contributed by atoms with Crippen LogP contribution in [0.3, 0.4) is 0 Å². The molecular formula is C23H24Cl2N4O. The molecule has 2 aliphatic heterocycles. The number of ether oxygens (including phenoxy) is 1. The first-order chi connectivity index (χ1) is 14.6. The molecule has 1 aromatic carbocycles. The number of nitrogens with one attached hydrogen (secondary N) is 1. The second-order valence-corrected chi connectivity index (χ2v) is 9.02. The summed E-state index contributed by atoms with van der Waals surface area (Å²) in [7, 11) is 2.11. The van der Waals surface area contributed by atoms with Gasteiger partial charge >= 0.3 is 0 Å². The molecule has 0 spiro atoms. The van der Waals surface area contributed by atoms with E-state index in [4.69, 9.17) is 27.9 Å². The molecule has 3 heterocycles. The zero-order valence-corrected chi connectivity index (χ0v) is 18.4. The molecule has 156 valence electrons. The van der Waals surface area contributed by atoms with Crippen molar-refractivity contribution in [1.29, 1.82) is 0 Å². The van der Waals surface area contributed by atoms with E-state index in [2.05, 4.69) is 33.2 Å². The van der Waals surface area contributed by atoms with Crippen LogP contribution < -0.4 is 20.3 Å². The summed E-state index contributed by atoms with van der Waals surface area (Å²) < 4.78 is 6.19. The lowest BCUT2D eigenvalue weighted by atomic mass is 9.81. The van der Waals surface area contributed by atoms with Gasteiger partial charge in [-0.2, -0.15) is 10.2 Å². The first-order valence-corrected chi connectivity index (χ1v) is 11.2. The Balaban J connectivity index is 1.44. The summed E-state index contributed by atoms with van der Waals surface area (Å²) in [5, 5.41) is 12.0. The molecule has 1 fully saturated rings. The minimum atomic E-state index is 0.207. The molecule has 1 N–H and O–H groups in total. The number of nitrogens with zero attached hydrogens (tertiary/aromatic N) is 3. The summed E-state index contributed by atoms with van der Waals surface area (Å²) in [4.78, 5) is 5.85. The average molecular weight is 443 g/mol. The van der Waals surface area contributed by atoms with Gasteiger partial charge in [0, 0.05) is 29.2 Å². The molecule has 2 aromatic rings. The number of hydrogen-bond acceptors (Lipinski definition) is 4. The van der Waals surface area contributed by atoms with Crippen molar-refractivity contribution in [2.24, 2.45) is 16.1 Å². The van der Waals surface area contributed by atoms with Crippen LogP contribution in [-0.2, 0) is 6.54 Å². The van der Waals surface area contributed by atoms with Gasteiger partial charge in [0.2, 0.25) is 0 Å². The van der Waals surface area contributed by atoms with Gasteiger partial charge in [0.1, 0.15) is 5.75 Å². The Bertz CT molecular complexity index is 1140. The predicted molar refractivity (Wildman–Crippen MR) is 122 cm³/mol. The van der Waals surface area contributed by atoms with E-state index in [-0.39, 0.29) is 6.10 Å². The van der Waals surface area contributed by atoms with Crippen LogP contribution >= 0.6 is 23.2 Å². The van der Waals surface area contributed by atoms with Crippen LogP contribution in [0.5, 0.6) is 5.75 Å². The number of aromatic amines is 1. The number of likely N-dealkylation sites (N-methyl/N-ethyl adjacent to an activating group) is 1. The van der Waals surface area contributed by atoms with E-state index in [1.54, 1.807) is 0 Å². The van der Waals surface area contributed by atoms with Crippen LogP contribution in [0.2, 0.25) is 5.02 Å². The maximum Gasteiger partial charge on any atom is 0.121 e. The Morgan fingerprint density at radius 2 is 2.00 bits per heavy atom. The van der Waals surface area contributed by atoms with E-state index in [1.165, 1.54) is 16.8 Å². The smallest absolute Gasteiger partial charge is 0.121 e. The van der Waals surface area contributed by atoms with Gasteiger partial charge in [-0.1, -0.05) is 29.3 Å².